The third-order valence-electron chi connectivity index (χ3n) is 4.21. The van der Waals surface area contributed by atoms with Gasteiger partial charge in [0.2, 0.25) is 15.9 Å². The second kappa shape index (κ2) is 8.32. The van der Waals surface area contributed by atoms with E-state index in [2.05, 4.69) is 4.72 Å². The lowest BCUT2D eigenvalue weighted by atomic mass is 10.0. The molecule has 1 aromatic rings. The fourth-order valence-corrected chi connectivity index (χ4v) is 4.62. The summed E-state index contributed by atoms with van der Waals surface area (Å²) >= 11 is 6.05. The summed E-state index contributed by atoms with van der Waals surface area (Å²) in [6.07, 6.45) is 3.07. The standard InChI is InChI=1S/C17H25ClN2O3S/c1-13(2)16(17(21)20-10-6-3-7-11-20)19-24(22,23)12-14-8-4-5-9-15(14)18/h4-5,8-9,13,16,19H,3,6-7,10-12H2,1-2H3/t16-/m0/s1. The highest BCUT2D eigenvalue weighted by molar-refractivity contribution is 7.88. The molecule has 0 aromatic heterocycles. The Bertz CT molecular complexity index is 670. The largest absolute Gasteiger partial charge is 0.341 e. The number of carbonyl (C=O) groups excluding carboxylic acids is 1. The normalized spacial score (nSPS) is 17.1. The fraction of sp³-hybridized carbons (Fsp3) is 0.588. The molecule has 7 heteroatoms. The Balaban J connectivity index is 2.11. The maximum absolute atomic E-state index is 12.7. The number of amides is 1. The van der Waals surface area contributed by atoms with Crippen LogP contribution in [0.5, 0.6) is 0 Å². The number of benzene rings is 1. The van der Waals surface area contributed by atoms with Gasteiger partial charge in [0.1, 0.15) is 6.04 Å². The van der Waals surface area contributed by atoms with Crippen molar-refractivity contribution >= 4 is 27.5 Å². The van der Waals surface area contributed by atoms with Crippen LogP contribution in [-0.4, -0.2) is 38.4 Å². The van der Waals surface area contributed by atoms with Crippen molar-refractivity contribution in [2.24, 2.45) is 5.92 Å². The van der Waals surface area contributed by atoms with Gasteiger partial charge in [-0.2, -0.15) is 0 Å². The molecule has 1 amide bonds. The highest BCUT2D eigenvalue weighted by atomic mass is 35.5. The molecule has 134 valence electrons. The highest BCUT2D eigenvalue weighted by Crippen LogP contribution is 2.19. The first-order valence-corrected chi connectivity index (χ1v) is 10.4. The zero-order valence-corrected chi connectivity index (χ0v) is 15.7. The number of carbonyl (C=O) groups is 1. The zero-order chi connectivity index (χ0) is 17.7. The lowest BCUT2D eigenvalue weighted by molar-refractivity contribution is -0.134. The van der Waals surface area contributed by atoms with Crippen molar-refractivity contribution in [1.82, 2.24) is 9.62 Å². The van der Waals surface area contributed by atoms with Crippen molar-refractivity contribution in [2.45, 2.75) is 44.9 Å². The van der Waals surface area contributed by atoms with E-state index in [1.54, 1.807) is 29.2 Å². The monoisotopic (exact) mass is 372 g/mol. The van der Waals surface area contributed by atoms with Crippen molar-refractivity contribution < 1.29 is 13.2 Å². The Hall–Kier alpha value is -1.11. The molecule has 1 aromatic carbocycles. The second-order valence-corrected chi connectivity index (χ2v) is 8.74. The second-order valence-electron chi connectivity index (χ2n) is 6.58. The quantitative estimate of drug-likeness (QED) is 0.834. The molecule has 1 saturated heterocycles. The molecule has 1 fully saturated rings. The first-order valence-electron chi connectivity index (χ1n) is 8.32. The summed E-state index contributed by atoms with van der Waals surface area (Å²) in [5.74, 6) is -0.490. The summed E-state index contributed by atoms with van der Waals surface area (Å²) in [6.45, 7) is 5.11. The maximum atomic E-state index is 12.7. The minimum Gasteiger partial charge on any atom is -0.341 e. The van der Waals surface area contributed by atoms with Gasteiger partial charge in [-0.25, -0.2) is 13.1 Å². The van der Waals surface area contributed by atoms with Gasteiger partial charge >= 0.3 is 0 Å². The number of rotatable bonds is 6. The van der Waals surface area contributed by atoms with Crippen molar-refractivity contribution in [3.63, 3.8) is 0 Å². The zero-order valence-electron chi connectivity index (χ0n) is 14.2. The Morgan fingerprint density at radius 1 is 1.21 bits per heavy atom. The maximum Gasteiger partial charge on any atom is 0.241 e. The SMILES string of the molecule is CC(C)[C@H](NS(=O)(=O)Cc1ccccc1Cl)C(=O)N1CCCCC1. The molecule has 1 N–H and O–H groups in total. The number of likely N-dealkylation sites (tertiary alicyclic amines) is 1. The van der Waals surface area contributed by atoms with Gasteiger partial charge < -0.3 is 4.90 Å². The molecule has 0 radical (unpaired) electrons. The first kappa shape index (κ1) is 19.2. The molecule has 0 spiro atoms. The van der Waals surface area contributed by atoms with Crippen LogP contribution in [0.1, 0.15) is 38.7 Å². The number of hydrogen-bond acceptors (Lipinski definition) is 3. The van der Waals surface area contributed by atoms with Crippen LogP contribution < -0.4 is 4.72 Å². The van der Waals surface area contributed by atoms with E-state index >= 15 is 0 Å². The summed E-state index contributed by atoms with van der Waals surface area (Å²) in [5.41, 5.74) is 0.527. The smallest absolute Gasteiger partial charge is 0.241 e. The van der Waals surface area contributed by atoms with E-state index < -0.39 is 16.1 Å². The molecule has 1 aliphatic rings. The molecule has 24 heavy (non-hydrogen) atoms. The number of nitrogens with zero attached hydrogens (tertiary/aromatic N) is 1. The van der Waals surface area contributed by atoms with Crippen molar-refractivity contribution in [2.75, 3.05) is 13.1 Å². The number of sulfonamides is 1. The molecule has 0 aliphatic carbocycles. The van der Waals surface area contributed by atoms with Gasteiger partial charge in [-0.1, -0.05) is 43.6 Å². The molecule has 0 unspecified atom stereocenters. The molecule has 1 heterocycles. The third-order valence-corrected chi connectivity index (χ3v) is 5.88. The molecule has 2 rings (SSSR count). The van der Waals surface area contributed by atoms with E-state index in [-0.39, 0.29) is 17.6 Å². The first-order chi connectivity index (χ1) is 11.3. The lowest BCUT2D eigenvalue weighted by Gasteiger charge is -2.32. The van der Waals surface area contributed by atoms with Crippen molar-refractivity contribution in [3.8, 4) is 0 Å². The van der Waals surface area contributed by atoms with Gasteiger partial charge in [0.25, 0.3) is 0 Å². The van der Waals surface area contributed by atoms with Crippen molar-refractivity contribution in [3.05, 3.63) is 34.9 Å². The molecule has 0 saturated carbocycles. The number of piperidine rings is 1. The molecule has 1 aliphatic heterocycles. The molecule has 0 bridgehead atoms. The van der Waals surface area contributed by atoms with E-state index in [0.29, 0.717) is 23.7 Å². The Morgan fingerprint density at radius 3 is 2.42 bits per heavy atom. The predicted molar refractivity (Wildman–Crippen MR) is 96.3 cm³/mol. The van der Waals surface area contributed by atoms with Crippen LogP contribution in [0.3, 0.4) is 0 Å². The molecular formula is C17H25ClN2O3S. The fourth-order valence-electron chi connectivity index (χ4n) is 2.84. The summed E-state index contributed by atoms with van der Waals surface area (Å²) in [5, 5.41) is 0.409. The summed E-state index contributed by atoms with van der Waals surface area (Å²) in [7, 11) is -3.67. The third kappa shape index (κ3) is 5.19. The van der Waals surface area contributed by atoms with Crippen LogP contribution in [0.4, 0.5) is 0 Å². The minimum atomic E-state index is -3.67. The van der Waals surface area contributed by atoms with Crippen LogP contribution in [0.15, 0.2) is 24.3 Å². The molecule has 1 atom stereocenters. The van der Waals surface area contributed by atoms with Crippen LogP contribution >= 0.6 is 11.6 Å². The number of halogens is 1. The van der Waals surface area contributed by atoms with Crippen LogP contribution in [-0.2, 0) is 20.6 Å². The van der Waals surface area contributed by atoms with E-state index in [4.69, 9.17) is 11.6 Å². The van der Waals surface area contributed by atoms with Gasteiger partial charge in [0.15, 0.2) is 0 Å². The van der Waals surface area contributed by atoms with Crippen LogP contribution in [0, 0.1) is 5.92 Å². The topological polar surface area (TPSA) is 66.5 Å². The molecular weight excluding hydrogens is 348 g/mol. The van der Waals surface area contributed by atoms with Gasteiger partial charge in [-0.05, 0) is 36.8 Å². The van der Waals surface area contributed by atoms with Gasteiger partial charge in [0, 0.05) is 18.1 Å². The Kier molecular flexibility index (Phi) is 6.66. The molecule has 5 nitrogen and oxygen atoms in total. The van der Waals surface area contributed by atoms with Crippen LogP contribution in [0.2, 0.25) is 5.02 Å². The van der Waals surface area contributed by atoms with Gasteiger partial charge in [-0.15, -0.1) is 0 Å². The van der Waals surface area contributed by atoms with Gasteiger partial charge in [0.05, 0.1) is 5.75 Å². The van der Waals surface area contributed by atoms with E-state index in [1.165, 1.54) is 0 Å². The number of nitrogens with one attached hydrogen (secondary N) is 1. The predicted octanol–water partition coefficient (Wildman–Crippen LogP) is 2.80. The van der Waals surface area contributed by atoms with E-state index in [9.17, 15) is 13.2 Å². The Morgan fingerprint density at radius 2 is 1.83 bits per heavy atom. The van der Waals surface area contributed by atoms with Crippen LogP contribution in [0.25, 0.3) is 0 Å². The number of hydrogen-bond donors (Lipinski definition) is 1. The average Bonchev–Trinajstić information content (AvgIpc) is 2.55. The summed E-state index contributed by atoms with van der Waals surface area (Å²) in [6, 6.07) is 6.09. The summed E-state index contributed by atoms with van der Waals surface area (Å²) in [4.78, 5) is 14.5. The average molecular weight is 373 g/mol. The minimum absolute atomic E-state index is 0.125. The lowest BCUT2D eigenvalue weighted by Crippen LogP contribution is -2.52. The Labute approximate surface area is 149 Å². The van der Waals surface area contributed by atoms with Gasteiger partial charge in [-0.3, -0.25) is 4.79 Å². The van der Waals surface area contributed by atoms with E-state index in [1.807, 2.05) is 13.8 Å². The van der Waals surface area contributed by atoms with Crippen molar-refractivity contribution in [1.29, 1.82) is 0 Å². The van der Waals surface area contributed by atoms with E-state index in [0.717, 1.165) is 19.3 Å². The summed E-state index contributed by atoms with van der Waals surface area (Å²) < 4.78 is 27.6. The highest BCUT2D eigenvalue weighted by Gasteiger charge is 2.31.